The molecule has 4 heteroatoms. The maximum atomic E-state index is 10.9. The number of hydrogen-bond acceptors (Lipinski definition) is 2. The van der Waals surface area contributed by atoms with Gasteiger partial charge in [0.2, 0.25) is 0 Å². The molecule has 0 aromatic rings. The van der Waals surface area contributed by atoms with Crippen LogP contribution in [0.15, 0.2) is 11.1 Å². The zero-order chi connectivity index (χ0) is 11.5. The van der Waals surface area contributed by atoms with Crippen molar-refractivity contribution in [2.45, 2.75) is 34.1 Å². The molecule has 0 fully saturated rings. The lowest BCUT2D eigenvalue weighted by atomic mass is 9.79. The van der Waals surface area contributed by atoms with Crippen LogP contribution in [-0.4, -0.2) is 22.2 Å². The maximum Gasteiger partial charge on any atom is 0.332 e. The summed E-state index contributed by atoms with van der Waals surface area (Å²) in [4.78, 5) is 21.5. The lowest BCUT2D eigenvalue weighted by Crippen LogP contribution is -2.25. The van der Waals surface area contributed by atoms with Crippen LogP contribution >= 0.6 is 0 Å². The first-order valence-corrected chi connectivity index (χ1v) is 4.31. The van der Waals surface area contributed by atoms with Crippen molar-refractivity contribution in [3.63, 3.8) is 0 Å². The molecule has 4 nitrogen and oxygen atoms in total. The van der Waals surface area contributed by atoms with Gasteiger partial charge in [-0.1, -0.05) is 19.4 Å². The number of carboxylic acids is 2. The first-order valence-electron chi connectivity index (χ1n) is 4.31. The molecule has 0 amide bonds. The lowest BCUT2D eigenvalue weighted by molar-refractivity contribution is -0.139. The number of carboxylic acid groups (broad SMARTS) is 2. The Labute approximate surface area is 83.2 Å². The minimum absolute atomic E-state index is 0.180. The lowest BCUT2D eigenvalue weighted by Gasteiger charge is -2.24. The molecule has 0 saturated carbocycles. The summed E-state index contributed by atoms with van der Waals surface area (Å²) in [6.07, 6.45) is -0.181. The van der Waals surface area contributed by atoms with Crippen molar-refractivity contribution in [3.8, 4) is 0 Å². The van der Waals surface area contributed by atoms with Crippen molar-refractivity contribution >= 4 is 11.9 Å². The molecule has 0 radical (unpaired) electrons. The van der Waals surface area contributed by atoms with Gasteiger partial charge in [-0.25, -0.2) is 4.79 Å². The van der Waals surface area contributed by atoms with Crippen LogP contribution in [0.3, 0.4) is 0 Å². The molecule has 0 heterocycles. The van der Waals surface area contributed by atoms with Crippen LogP contribution in [0, 0.1) is 5.41 Å². The highest BCUT2D eigenvalue weighted by molar-refractivity contribution is 5.89. The largest absolute Gasteiger partial charge is 0.481 e. The van der Waals surface area contributed by atoms with E-state index in [9.17, 15) is 9.59 Å². The van der Waals surface area contributed by atoms with Crippen LogP contribution in [0.1, 0.15) is 34.1 Å². The Morgan fingerprint density at radius 2 is 1.57 bits per heavy atom. The van der Waals surface area contributed by atoms with E-state index in [0.717, 1.165) is 0 Å². The van der Waals surface area contributed by atoms with E-state index >= 15 is 0 Å². The summed E-state index contributed by atoms with van der Waals surface area (Å²) in [6.45, 7) is 6.59. The van der Waals surface area contributed by atoms with Gasteiger partial charge in [-0.05, 0) is 13.8 Å². The summed E-state index contributed by atoms with van der Waals surface area (Å²) in [6, 6.07) is 0. The van der Waals surface area contributed by atoms with E-state index in [1.807, 2.05) is 0 Å². The van der Waals surface area contributed by atoms with Gasteiger partial charge in [-0.15, -0.1) is 0 Å². The first kappa shape index (κ1) is 12.7. The summed E-state index contributed by atoms with van der Waals surface area (Å²) in [5.41, 5.74) is -0.0140. The molecule has 0 aromatic carbocycles. The monoisotopic (exact) mass is 200 g/mol. The molecule has 0 bridgehead atoms. The van der Waals surface area contributed by atoms with Gasteiger partial charge in [0, 0.05) is 11.0 Å². The van der Waals surface area contributed by atoms with Crippen molar-refractivity contribution < 1.29 is 19.8 Å². The van der Waals surface area contributed by atoms with E-state index in [4.69, 9.17) is 10.2 Å². The third-order valence-corrected chi connectivity index (χ3v) is 1.98. The molecule has 0 aromatic heterocycles. The number of hydrogen-bond donors (Lipinski definition) is 2. The Kier molecular flexibility index (Phi) is 3.86. The highest BCUT2D eigenvalue weighted by Crippen LogP contribution is 2.32. The second kappa shape index (κ2) is 4.26. The van der Waals surface area contributed by atoms with Gasteiger partial charge in [0.05, 0.1) is 6.42 Å². The Balaban J connectivity index is 5.12. The van der Waals surface area contributed by atoms with E-state index < -0.39 is 17.4 Å². The molecular formula is C10H16O4. The zero-order valence-corrected chi connectivity index (χ0v) is 8.92. The van der Waals surface area contributed by atoms with Crippen molar-refractivity contribution in [2.75, 3.05) is 0 Å². The summed E-state index contributed by atoms with van der Waals surface area (Å²) >= 11 is 0. The minimum Gasteiger partial charge on any atom is -0.481 e. The fourth-order valence-electron chi connectivity index (χ4n) is 1.65. The number of rotatable bonds is 4. The summed E-state index contributed by atoms with van der Waals surface area (Å²) in [5, 5.41) is 17.6. The van der Waals surface area contributed by atoms with Crippen molar-refractivity contribution in [2.24, 2.45) is 5.41 Å². The van der Waals surface area contributed by atoms with E-state index in [0.29, 0.717) is 5.57 Å². The normalized spacial score (nSPS) is 10.9. The fourth-order valence-corrected chi connectivity index (χ4v) is 1.65. The molecule has 0 unspecified atom stereocenters. The van der Waals surface area contributed by atoms with Gasteiger partial charge >= 0.3 is 11.9 Å². The van der Waals surface area contributed by atoms with Gasteiger partial charge in [0.25, 0.3) is 0 Å². The van der Waals surface area contributed by atoms with Crippen LogP contribution < -0.4 is 0 Å². The van der Waals surface area contributed by atoms with E-state index in [2.05, 4.69) is 0 Å². The number of allylic oxidation sites excluding steroid dienone is 1. The number of carbonyl (C=O) groups is 2. The highest BCUT2D eigenvalue weighted by atomic mass is 16.4. The Hall–Kier alpha value is -1.32. The van der Waals surface area contributed by atoms with Crippen LogP contribution in [0.4, 0.5) is 0 Å². The molecule has 0 saturated heterocycles. The Morgan fingerprint density at radius 1 is 1.14 bits per heavy atom. The van der Waals surface area contributed by atoms with Crippen LogP contribution in [0.2, 0.25) is 0 Å². The van der Waals surface area contributed by atoms with E-state index in [-0.39, 0.29) is 12.0 Å². The predicted octanol–water partition coefficient (Wildman–Crippen LogP) is 1.91. The summed E-state index contributed by atoms with van der Waals surface area (Å²) in [7, 11) is 0. The van der Waals surface area contributed by atoms with Gasteiger partial charge in [-0.2, -0.15) is 0 Å². The molecule has 0 aliphatic carbocycles. The minimum atomic E-state index is -1.05. The third kappa shape index (κ3) is 3.20. The van der Waals surface area contributed by atoms with Gasteiger partial charge < -0.3 is 10.2 Å². The SMILES string of the molecule is CC(C)=C(C(=O)O)C(C)(C)CC(=O)O. The van der Waals surface area contributed by atoms with Crippen LogP contribution in [-0.2, 0) is 9.59 Å². The Bertz CT molecular complexity index is 282. The van der Waals surface area contributed by atoms with Crippen LogP contribution in [0.25, 0.3) is 0 Å². The van der Waals surface area contributed by atoms with Gasteiger partial charge in [-0.3, -0.25) is 4.79 Å². The molecule has 14 heavy (non-hydrogen) atoms. The molecular weight excluding hydrogens is 184 g/mol. The van der Waals surface area contributed by atoms with Crippen LogP contribution in [0.5, 0.6) is 0 Å². The van der Waals surface area contributed by atoms with Gasteiger partial charge in [0.1, 0.15) is 0 Å². The molecule has 0 spiro atoms. The van der Waals surface area contributed by atoms with Crippen molar-refractivity contribution in [1.29, 1.82) is 0 Å². The maximum absolute atomic E-state index is 10.9. The topological polar surface area (TPSA) is 74.6 Å². The predicted molar refractivity (Wildman–Crippen MR) is 52.0 cm³/mol. The molecule has 0 atom stereocenters. The van der Waals surface area contributed by atoms with E-state index in [1.165, 1.54) is 0 Å². The Morgan fingerprint density at radius 3 is 1.79 bits per heavy atom. The average molecular weight is 200 g/mol. The summed E-state index contributed by atoms with van der Waals surface area (Å²) in [5.74, 6) is -2.04. The van der Waals surface area contributed by atoms with Gasteiger partial charge in [0.15, 0.2) is 0 Å². The van der Waals surface area contributed by atoms with E-state index in [1.54, 1.807) is 27.7 Å². The zero-order valence-electron chi connectivity index (χ0n) is 8.92. The smallest absolute Gasteiger partial charge is 0.332 e. The first-order chi connectivity index (χ1) is 6.18. The standard InChI is InChI=1S/C10H16O4/c1-6(2)8(9(13)14)10(3,4)5-7(11)12/h5H2,1-4H3,(H,11,12)(H,13,14). The average Bonchev–Trinajstić information content (AvgIpc) is 1.77. The number of aliphatic carboxylic acids is 2. The highest BCUT2D eigenvalue weighted by Gasteiger charge is 2.31. The summed E-state index contributed by atoms with van der Waals surface area (Å²) < 4.78 is 0. The fraction of sp³-hybridized carbons (Fsp3) is 0.600. The van der Waals surface area contributed by atoms with Crippen molar-refractivity contribution in [1.82, 2.24) is 0 Å². The molecule has 0 aliphatic heterocycles. The molecule has 0 aliphatic rings. The molecule has 2 N–H and O–H groups in total. The van der Waals surface area contributed by atoms with Crippen molar-refractivity contribution in [3.05, 3.63) is 11.1 Å². The second-order valence-corrected chi connectivity index (χ2v) is 4.13. The quantitative estimate of drug-likeness (QED) is 0.680. The third-order valence-electron chi connectivity index (χ3n) is 1.98. The molecule has 80 valence electrons. The second-order valence-electron chi connectivity index (χ2n) is 4.13. The molecule has 0 rings (SSSR count).